The zero-order valence-corrected chi connectivity index (χ0v) is 15.5. The molecule has 0 fully saturated rings. The third-order valence-electron chi connectivity index (χ3n) is 3.96. The molecule has 2 aromatic rings. The Morgan fingerprint density at radius 3 is 2.36 bits per heavy atom. The molecule has 1 N–H and O–H groups in total. The molecular weight excluding hydrogens is 314 g/mol. The van der Waals surface area contributed by atoms with Crippen molar-refractivity contribution in [3.8, 4) is 5.75 Å². The minimum Gasteiger partial charge on any atom is -0.494 e. The Bertz CT molecular complexity index is 687. The van der Waals surface area contributed by atoms with Gasteiger partial charge in [-0.25, -0.2) is 4.79 Å². The van der Waals surface area contributed by atoms with Crippen LogP contribution in [0.1, 0.15) is 43.1 Å². The fraction of sp³-hybridized carbons (Fsp3) is 0.381. The van der Waals surface area contributed by atoms with Crippen molar-refractivity contribution in [2.75, 3.05) is 25.6 Å². The molecule has 0 amide bonds. The lowest BCUT2D eigenvalue weighted by Gasteiger charge is -2.19. The Morgan fingerprint density at radius 2 is 1.72 bits per heavy atom. The van der Waals surface area contributed by atoms with Crippen LogP contribution in [-0.2, 0) is 10.2 Å². The van der Waals surface area contributed by atoms with E-state index in [0.29, 0.717) is 18.7 Å². The van der Waals surface area contributed by atoms with Gasteiger partial charge < -0.3 is 14.8 Å². The van der Waals surface area contributed by atoms with Crippen molar-refractivity contribution in [2.24, 2.45) is 0 Å². The maximum absolute atomic E-state index is 11.7. The number of hydrogen-bond donors (Lipinski definition) is 1. The molecule has 0 aliphatic heterocycles. The Hall–Kier alpha value is -2.49. The molecule has 0 heterocycles. The van der Waals surface area contributed by atoms with E-state index in [1.807, 2.05) is 30.3 Å². The summed E-state index contributed by atoms with van der Waals surface area (Å²) >= 11 is 0. The Kier molecular flexibility index (Phi) is 6.45. The molecule has 134 valence electrons. The van der Waals surface area contributed by atoms with Gasteiger partial charge in [0, 0.05) is 12.2 Å². The van der Waals surface area contributed by atoms with Crippen LogP contribution in [0.25, 0.3) is 0 Å². The highest BCUT2D eigenvalue weighted by Gasteiger charge is 2.13. The second-order valence-corrected chi connectivity index (χ2v) is 6.94. The summed E-state index contributed by atoms with van der Waals surface area (Å²) in [4.78, 5) is 11.7. The fourth-order valence-corrected chi connectivity index (χ4v) is 2.46. The number of ether oxygens (including phenoxy) is 2. The van der Waals surface area contributed by atoms with Crippen LogP contribution >= 0.6 is 0 Å². The number of carbonyl (C=O) groups excluding carboxylic acids is 1. The first-order chi connectivity index (χ1) is 11.9. The average molecular weight is 341 g/mol. The van der Waals surface area contributed by atoms with Gasteiger partial charge in [0.2, 0.25) is 0 Å². The van der Waals surface area contributed by atoms with Crippen molar-refractivity contribution >= 4 is 11.7 Å². The molecule has 4 nitrogen and oxygen atoms in total. The van der Waals surface area contributed by atoms with Crippen LogP contribution in [0.15, 0.2) is 48.5 Å². The van der Waals surface area contributed by atoms with Crippen molar-refractivity contribution < 1.29 is 14.3 Å². The summed E-state index contributed by atoms with van der Waals surface area (Å²) in [6.07, 6.45) is 0.830. The van der Waals surface area contributed by atoms with E-state index in [1.165, 1.54) is 12.7 Å². The molecule has 4 heteroatoms. The van der Waals surface area contributed by atoms with E-state index in [-0.39, 0.29) is 11.4 Å². The number of nitrogens with one attached hydrogen (secondary N) is 1. The maximum atomic E-state index is 11.7. The predicted octanol–water partition coefficient (Wildman–Crippen LogP) is 4.65. The van der Waals surface area contributed by atoms with Crippen LogP contribution in [-0.4, -0.2) is 26.2 Å². The normalized spacial score (nSPS) is 11.0. The zero-order chi connectivity index (χ0) is 18.3. The quantitative estimate of drug-likeness (QED) is 0.588. The van der Waals surface area contributed by atoms with Crippen LogP contribution in [0.3, 0.4) is 0 Å². The monoisotopic (exact) mass is 341 g/mol. The molecule has 0 atom stereocenters. The average Bonchev–Trinajstić information content (AvgIpc) is 2.61. The number of rotatable bonds is 7. The topological polar surface area (TPSA) is 47.6 Å². The van der Waals surface area contributed by atoms with E-state index < -0.39 is 0 Å². The van der Waals surface area contributed by atoms with E-state index in [0.717, 1.165) is 17.9 Å². The second kappa shape index (κ2) is 8.56. The Balaban J connectivity index is 1.78. The summed E-state index contributed by atoms with van der Waals surface area (Å²) in [5, 5.41) is 3.26. The van der Waals surface area contributed by atoms with Gasteiger partial charge in [-0.05, 0) is 41.7 Å². The Morgan fingerprint density at radius 1 is 1.04 bits per heavy atom. The second-order valence-electron chi connectivity index (χ2n) is 6.94. The van der Waals surface area contributed by atoms with Crippen molar-refractivity contribution in [3.05, 3.63) is 59.7 Å². The third kappa shape index (κ3) is 5.52. The van der Waals surface area contributed by atoms with E-state index in [9.17, 15) is 4.79 Å². The number of carbonyl (C=O) groups is 1. The van der Waals surface area contributed by atoms with Crippen LogP contribution < -0.4 is 10.1 Å². The minimum atomic E-state index is -0.335. The summed E-state index contributed by atoms with van der Waals surface area (Å²) in [6.45, 7) is 7.92. The first kappa shape index (κ1) is 18.8. The van der Waals surface area contributed by atoms with E-state index >= 15 is 0 Å². The molecule has 0 spiro atoms. The van der Waals surface area contributed by atoms with E-state index in [2.05, 4.69) is 38.2 Å². The molecule has 0 aliphatic rings. The summed E-state index contributed by atoms with van der Waals surface area (Å²) in [7, 11) is 1.39. The largest absolute Gasteiger partial charge is 0.494 e. The summed E-state index contributed by atoms with van der Waals surface area (Å²) in [5.74, 6) is 0.543. The van der Waals surface area contributed by atoms with Gasteiger partial charge in [-0.2, -0.15) is 0 Å². The van der Waals surface area contributed by atoms with Crippen molar-refractivity contribution in [1.29, 1.82) is 0 Å². The molecule has 0 saturated heterocycles. The van der Waals surface area contributed by atoms with Gasteiger partial charge in [-0.1, -0.05) is 45.0 Å². The highest BCUT2D eigenvalue weighted by Crippen LogP contribution is 2.24. The maximum Gasteiger partial charge on any atom is 0.339 e. The summed E-state index contributed by atoms with van der Waals surface area (Å²) in [6, 6.07) is 15.6. The number of para-hydroxylation sites is 1. The van der Waals surface area contributed by atoms with Crippen molar-refractivity contribution in [1.82, 2.24) is 0 Å². The molecule has 2 aromatic carbocycles. The SMILES string of the molecule is COC(=O)c1ccccc1NCCCOc1ccc(C(C)(C)C)cc1. The Labute approximate surface area is 150 Å². The van der Waals surface area contributed by atoms with Crippen molar-refractivity contribution in [3.63, 3.8) is 0 Å². The van der Waals surface area contributed by atoms with Crippen LogP contribution in [0.4, 0.5) is 5.69 Å². The van der Waals surface area contributed by atoms with Gasteiger partial charge in [0.15, 0.2) is 0 Å². The molecule has 2 rings (SSSR count). The standard InChI is InChI=1S/C21H27NO3/c1-21(2,3)16-10-12-17(13-11-16)25-15-7-14-22-19-9-6-5-8-18(19)20(23)24-4/h5-6,8-13,22H,7,14-15H2,1-4H3. The van der Waals surface area contributed by atoms with Gasteiger partial charge in [0.05, 0.1) is 19.3 Å². The third-order valence-corrected chi connectivity index (χ3v) is 3.96. The predicted molar refractivity (Wildman–Crippen MR) is 102 cm³/mol. The molecule has 0 saturated carbocycles. The number of esters is 1. The van der Waals surface area contributed by atoms with Gasteiger partial charge in [-0.15, -0.1) is 0 Å². The van der Waals surface area contributed by atoms with Crippen LogP contribution in [0.2, 0.25) is 0 Å². The highest BCUT2D eigenvalue weighted by atomic mass is 16.5. The first-order valence-corrected chi connectivity index (χ1v) is 8.56. The van der Waals surface area contributed by atoms with Gasteiger partial charge >= 0.3 is 5.97 Å². The lowest BCUT2D eigenvalue weighted by Crippen LogP contribution is -2.12. The van der Waals surface area contributed by atoms with Gasteiger partial charge in [-0.3, -0.25) is 0 Å². The molecule has 0 bridgehead atoms. The van der Waals surface area contributed by atoms with Crippen LogP contribution in [0, 0.1) is 0 Å². The van der Waals surface area contributed by atoms with E-state index in [4.69, 9.17) is 9.47 Å². The number of benzene rings is 2. The lowest BCUT2D eigenvalue weighted by atomic mass is 9.87. The summed E-state index contributed by atoms with van der Waals surface area (Å²) < 4.78 is 10.6. The van der Waals surface area contributed by atoms with Crippen LogP contribution in [0.5, 0.6) is 5.75 Å². The molecule has 0 radical (unpaired) electrons. The smallest absolute Gasteiger partial charge is 0.339 e. The summed E-state index contributed by atoms with van der Waals surface area (Å²) in [5.41, 5.74) is 2.77. The molecule has 25 heavy (non-hydrogen) atoms. The van der Waals surface area contributed by atoms with Gasteiger partial charge in [0.1, 0.15) is 5.75 Å². The number of anilines is 1. The first-order valence-electron chi connectivity index (χ1n) is 8.56. The molecule has 0 aliphatic carbocycles. The van der Waals surface area contributed by atoms with E-state index in [1.54, 1.807) is 6.07 Å². The minimum absolute atomic E-state index is 0.148. The molecule has 0 unspecified atom stereocenters. The zero-order valence-electron chi connectivity index (χ0n) is 15.5. The number of hydrogen-bond acceptors (Lipinski definition) is 4. The van der Waals surface area contributed by atoms with Gasteiger partial charge in [0.25, 0.3) is 0 Å². The highest BCUT2D eigenvalue weighted by molar-refractivity contribution is 5.95. The van der Waals surface area contributed by atoms with Crippen molar-refractivity contribution in [2.45, 2.75) is 32.6 Å². The molecule has 0 aromatic heterocycles. The molecular formula is C21H27NO3. The fourth-order valence-electron chi connectivity index (χ4n) is 2.46. The number of methoxy groups -OCH3 is 1. The lowest BCUT2D eigenvalue weighted by molar-refractivity contribution is 0.0602.